The van der Waals surface area contributed by atoms with Crippen LogP contribution in [-0.2, 0) is 4.79 Å². The minimum Gasteiger partial charge on any atom is -0.480 e. The van der Waals surface area contributed by atoms with Gasteiger partial charge in [0.05, 0.1) is 5.92 Å². The van der Waals surface area contributed by atoms with E-state index in [-0.39, 0.29) is 25.7 Å². The molecule has 3 nitrogen and oxygen atoms in total. The van der Waals surface area contributed by atoms with Crippen molar-refractivity contribution in [1.29, 1.82) is 0 Å². The molecule has 1 aliphatic rings. The summed E-state index contributed by atoms with van der Waals surface area (Å²) in [7, 11) is 0. The average Bonchev–Trinajstić information content (AvgIpc) is 2.38. The molecule has 0 spiro atoms. The molecule has 1 fully saturated rings. The summed E-state index contributed by atoms with van der Waals surface area (Å²) in [6.45, 7) is 0. The summed E-state index contributed by atoms with van der Waals surface area (Å²) in [5.74, 6) is -2.52. The number of hydrogen-bond acceptors (Lipinski definition) is 2. The second-order valence-corrected chi connectivity index (χ2v) is 6.25. The maximum Gasteiger partial charge on any atom is 0.391 e. The van der Waals surface area contributed by atoms with Gasteiger partial charge in [-0.3, -0.25) is 0 Å². The Kier molecular flexibility index (Phi) is 4.51. The highest BCUT2D eigenvalue weighted by Crippen LogP contribution is 2.42. The fraction of sp³-hybridized carbons (Fsp3) is 0.500. The predicted octanol–water partition coefficient (Wildman–Crippen LogP) is 4.44. The lowest BCUT2D eigenvalue weighted by molar-refractivity contribution is -0.186. The lowest BCUT2D eigenvalue weighted by Crippen LogP contribution is -2.50. The first-order valence-electron chi connectivity index (χ1n) is 6.57. The number of nitrogens with one attached hydrogen (secondary N) is 1. The number of alkyl halides is 3. The van der Waals surface area contributed by atoms with E-state index in [1.54, 1.807) is 24.3 Å². The van der Waals surface area contributed by atoms with Crippen LogP contribution in [0.15, 0.2) is 28.7 Å². The first kappa shape index (κ1) is 16.1. The molecule has 21 heavy (non-hydrogen) atoms. The van der Waals surface area contributed by atoms with Gasteiger partial charge in [0.15, 0.2) is 0 Å². The van der Waals surface area contributed by atoms with Crippen LogP contribution in [0.2, 0.25) is 0 Å². The maximum atomic E-state index is 12.7. The molecule has 0 aliphatic heterocycles. The topological polar surface area (TPSA) is 49.3 Å². The highest BCUT2D eigenvalue weighted by Gasteiger charge is 2.49. The molecule has 0 heterocycles. The van der Waals surface area contributed by atoms with Crippen LogP contribution in [0.3, 0.4) is 0 Å². The Labute approximate surface area is 128 Å². The van der Waals surface area contributed by atoms with Gasteiger partial charge in [-0.05, 0) is 43.9 Å². The van der Waals surface area contributed by atoms with Crippen molar-refractivity contribution >= 4 is 27.6 Å². The van der Waals surface area contributed by atoms with Gasteiger partial charge in [0, 0.05) is 10.2 Å². The number of carboxylic acid groups (broad SMARTS) is 1. The molecule has 116 valence electrons. The number of aliphatic carboxylic acids is 1. The highest BCUT2D eigenvalue weighted by atomic mass is 79.9. The van der Waals surface area contributed by atoms with E-state index in [4.69, 9.17) is 0 Å². The monoisotopic (exact) mass is 365 g/mol. The van der Waals surface area contributed by atoms with Crippen molar-refractivity contribution in [3.05, 3.63) is 28.7 Å². The van der Waals surface area contributed by atoms with Crippen LogP contribution in [0.4, 0.5) is 18.9 Å². The van der Waals surface area contributed by atoms with Gasteiger partial charge < -0.3 is 10.4 Å². The van der Waals surface area contributed by atoms with Gasteiger partial charge in [-0.1, -0.05) is 22.0 Å². The zero-order valence-electron chi connectivity index (χ0n) is 11.1. The second kappa shape index (κ2) is 5.87. The molecule has 0 radical (unpaired) electrons. The second-order valence-electron chi connectivity index (χ2n) is 5.34. The van der Waals surface area contributed by atoms with E-state index in [0.29, 0.717) is 5.69 Å². The fourth-order valence-corrected chi connectivity index (χ4v) is 3.07. The zero-order valence-corrected chi connectivity index (χ0v) is 12.7. The maximum absolute atomic E-state index is 12.7. The standard InChI is InChI=1S/C14H15BrF3NO2/c15-10-2-1-3-11(8-10)19-13(12(20)21)6-4-9(5-7-13)14(16,17)18/h1-3,8-9,19H,4-7H2,(H,20,21). The Morgan fingerprint density at radius 3 is 2.43 bits per heavy atom. The average molecular weight is 366 g/mol. The van der Waals surface area contributed by atoms with Crippen LogP contribution in [-0.4, -0.2) is 22.8 Å². The third-order valence-corrected chi connectivity index (χ3v) is 4.41. The number of rotatable bonds is 3. The normalized spacial score (nSPS) is 26.4. The SMILES string of the molecule is O=C(O)C1(Nc2cccc(Br)c2)CCC(C(F)(F)F)CC1. The number of carboxylic acids is 1. The summed E-state index contributed by atoms with van der Waals surface area (Å²) in [5.41, 5.74) is -0.750. The lowest BCUT2D eigenvalue weighted by atomic mass is 9.76. The summed E-state index contributed by atoms with van der Waals surface area (Å²) < 4.78 is 38.9. The smallest absolute Gasteiger partial charge is 0.391 e. The van der Waals surface area contributed by atoms with E-state index in [0.717, 1.165) is 4.47 Å². The van der Waals surface area contributed by atoms with Gasteiger partial charge in [0.1, 0.15) is 5.54 Å². The van der Waals surface area contributed by atoms with Crippen molar-refractivity contribution in [3.8, 4) is 0 Å². The minimum absolute atomic E-state index is 0.0426. The highest BCUT2D eigenvalue weighted by molar-refractivity contribution is 9.10. The van der Waals surface area contributed by atoms with Gasteiger partial charge in [-0.15, -0.1) is 0 Å². The molecule has 0 unspecified atom stereocenters. The van der Waals surface area contributed by atoms with Crippen molar-refractivity contribution in [1.82, 2.24) is 0 Å². The summed E-state index contributed by atoms with van der Waals surface area (Å²) in [4.78, 5) is 11.6. The molecule has 1 saturated carbocycles. The number of benzene rings is 1. The van der Waals surface area contributed by atoms with E-state index >= 15 is 0 Å². The molecule has 0 bridgehead atoms. The van der Waals surface area contributed by atoms with Gasteiger partial charge in [-0.2, -0.15) is 13.2 Å². The molecular formula is C14H15BrF3NO2. The molecule has 1 aromatic carbocycles. The molecule has 0 aromatic heterocycles. The molecule has 0 saturated heterocycles. The van der Waals surface area contributed by atoms with Gasteiger partial charge in [0.2, 0.25) is 0 Å². The molecular weight excluding hydrogens is 351 g/mol. The summed E-state index contributed by atoms with van der Waals surface area (Å²) >= 11 is 3.28. The molecule has 7 heteroatoms. The Bertz CT molecular complexity index is 525. The number of halogens is 4. The first-order valence-corrected chi connectivity index (χ1v) is 7.36. The van der Waals surface area contributed by atoms with E-state index < -0.39 is 23.6 Å². The van der Waals surface area contributed by atoms with E-state index in [1.165, 1.54) is 0 Å². The van der Waals surface area contributed by atoms with Gasteiger partial charge in [-0.25, -0.2) is 4.79 Å². The molecule has 2 rings (SSSR count). The Morgan fingerprint density at radius 2 is 1.95 bits per heavy atom. The van der Waals surface area contributed by atoms with E-state index in [9.17, 15) is 23.1 Å². The van der Waals surface area contributed by atoms with E-state index in [1.807, 2.05) is 0 Å². The zero-order chi connectivity index (χ0) is 15.7. The van der Waals surface area contributed by atoms with Crippen LogP contribution < -0.4 is 5.32 Å². The lowest BCUT2D eigenvalue weighted by Gasteiger charge is -2.38. The Morgan fingerprint density at radius 1 is 1.33 bits per heavy atom. The third kappa shape index (κ3) is 3.70. The van der Waals surface area contributed by atoms with Crippen molar-refractivity contribution in [2.75, 3.05) is 5.32 Å². The number of anilines is 1. The molecule has 0 amide bonds. The Hall–Kier alpha value is -1.24. The van der Waals surface area contributed by atoms with Gasteiger partial charge in [0.25, 0.3) is 0 Å². The summed E-state index contributed by atoms with van der Waals surface area (Å²) in [6.07, 6.45) is -4.67. The van der Waals surface area contributed by atoms with Crippen molar-refractivity contribution in [2.24, 2.45) is 5.92 Å². The predicted molar refractivity (Wildman–Crippen MR) is 76.1 cm³/mol. The molecule has 2 N–H and O–H groups in total. The minimum atomic E-state index is -4.25. The van der Waals surface area contributed by atoms with Crippen molar-refractivity contribution in [3.63, 3.8) is 0 Å². The summed E-state index contributed by atoms with van der Waals surface area (Å²) in [6, 6.07) is 6.94. The van der Waals surface area contributed by atoms with Crippen molar-refractivity contribution in [2.45, 2.75) is 37.4 Å². The van der Waals surface area contributed by atoms with Gasteiger partial charge >= 0.3 is 12.1 Å². The number of carbonyl (C=O) groups is 1. The summed E-state index contributed by atoms with van der Waals surface area (Å²) in [5, 5.41) is 12.4. The number of hydrogen-bond donors (Lipinski definition) is 2. The quantitative estimate of drug-likeness (QED) is 0.832. The van der Waals surface area contributed by atoms with Crippen LogP contribution in [0, 0.1) is 5.92 Å². The van der Waals surface area contributed by atoms with E-state index in [2.05, 4.69) is 21.2 Å². The van der Waals surface area contributed by atoms with Crippen LogP contribution in [0.25, 0.3) is 0 Å². The molecule has 1 aliphatic carbocycles. The van der Waals surface area contributed by atoms with Crippen LogP contribution >= 0.6 is 15.9 Å². The Balaban J connectivity index is 2.15. The fourth-order valence-electron chi connectivity index (χ4n) is 2.67. The molecule has 1 aromatic rings. The largest absolute Gasteiger partial charge is 0.480 e. The molecule has 0 atom stereocenters. The first-order chi connectivity index (χ1) is 9.73. The van der Waals surface area contributed by atoms with Crippen molar-refractivity contribution < 1.29 is 23.1 Å². The van der Waals surface area contributed by atoms with Crippen LogP contribution in [0.1, 0.15) is 25.7 Å². The third-order valence-electron chi connectivity index (χ3n) is 3.92. The van der Waals surface area contributed by atoms with Crippen LogP contribution in [0.5, 0.6) is 0 Å².